The van der Waals surface area contributed by atoms with Crippen LogP contribution in [0.25, 0.3) is 17.4 Å². The van der Waals surface area contributed by atoms with Crippen LogP contribution in [0.2, 0.25) is 0 Å². The standard InChI is InChI=1S/C24H16F3N3O2S/c25-24(26,27)16-5-3-4-14(10-16)20-9-8-17(32-20)11-15(12-28)22(31)30-23-19(13-29)18-6-1-2-7-21(18)33-23/h3-5,8-11H,1-2,6-7H2,(H,30,31)/b15-11+. The van der Waals surface area contributed by atoms with Crippen LogP contribution in [0.15, 0.2) is 46.4 Å². The fourth-order valence-electron chi connectivity index (χ4n) is 3.67. The van der Waals surface area contributed by atoms with Crippen LogP contribution < -0.4 is 5.32 Å². The summed E-state index contributed by atoms with van der Waals surface area (Å²) in [7, 11) is 0. The zero-order valence-electron chi connectivity index (χ0n) is 17.1. The summed E-state index contributed by atoms with van der Waals surface area (Å²) in [6.07, 6.45) is 0.392. The van der Waals surface area contributed by atoms with E-state index >= 15 is 0 Å². The van der Waals surface area contributed by atoms with Gasteiger partial charge in [0.25, 0.3) is 5.91 Å². The number of furan rings is 1. The van der Waals surface area contributed by atoms with E-state index in [1.165, 1.54) is 41.7 Å². The van der Waals surface area contributed by atoms with Gasteiger partial charge in [0.2, 0.25) is 0 Å². The average Bonchev–Trinajstić information content (AvgIpc) is 3.40. The van der Waals surface area contributed by atoms with E-state index < -0.39 is 17.6 Å². The Bertz CT molecular complexity index is 1340. The van der Waals surface area contributed by atoms with E-state index in [1.54, 1.807) is 0 Å². The molecule has 4 rings (SSSR count). The lowest BCUT2D eigenvalue weighted by atomic mass is 9.96. The monoisotopic (exact) mass is 467 g/mol. The highest BCUT2D eigenvalue weighted by Crippen LogP contribution is 2.38. The van der Waals surface area contributed by atoms with Crippen molar-refractivity contribution >= 4 is 28.3 Å². The molecule has 166 valence electrons. The minimum atomic E-state index is -4.49. The van der Waals surface area contributed by atoms with Crippen molar-refractivity contribution in [3.05, 3.63) is 69.3 Å². The number of carbonyl (C=O) groups is 1. The van der Waals surface area contributed by atoms with Gasteiger partial charge >= 0.3 is 6.18 Å². The molecule has 0 radical (unpaired) electrons. The lowest BCUT2D eigenvalue weighted by Crippen LogP contribution is -2.13. The van der Waals surface area contributed by atoms with Gasteiger partial charge in [-0.2, -0.15) is 23.7 Å². The predicted octanol–water partition coefficient (Wildman–Crippen LogP) is 6.32. The molecule has 2 aromatic heterocycles. The van der Waals surface area contributed by atoms with E-state index in [4.69, 9.17) is 4.42 Å². The lowest BCUT2D eigenvalue weighted by Gasteiger charge is -2.09. The topological polar surface area (TPSA) is 89.8 Å². The van der Waals surface area contributed by atoms with Crippen molar-refractivity contribution < 1.29 is 22.4 Å². The number of fused-ring (bicyclic) bond motifs is 1. The number of alkyl halides is 3. The summed E-state index contributed by atoms with van der Waals surface area (Å²) < 4.78 is 44.4. The molecule has 0 fully saturated rings. The van der Waals surface area contributed by atoms with Crippen molar-refractivity contribution in [1.82, 2.24) is 0 Å². The molecule has 1 aliphatic carbocycles. The molecule has 0 unspecified atom stereocenters. The van der Waals surface area contributed by atoms with Crippen molar-refractivity contribution in [1.29, 1.82) is 10.5 Å². The van der Waals surface area contributed by atoms with Crippen molar-refractivity contribution in [2.24, 2.45) is 0 Å². The van der Waals surface area contributed by atoms with Crippen LogP contribution >= 0.6 is 11.3 Å². The zero-order chi connectivity index (χ0) is 23.6. The van der Waals surface area contributed by atoms with E-state index in [2.05, 4.69) is 11.4 Å². The van der Waals surface area contributed by atoms with Crippen LogP contribution in [0.5, 0.6) is 0 Å². The number of anilines is 1. The maximum atomic E-state index is 13.0. The number of halogens is 3. The second-order valence-corrected chi connectivity index (χ2v) is 8.54. The van der Waals surface area contributed by atoms with E-state index in [1.807, 2.05) is 6.07 Å². The number of nitrogens with one attached hydrogen (secondary N) is 1. The highest BCUT2D eigenvalue weighted by atomic mass is 32.1. The Hall–Kier alpha value is -3.82. The van der Waals surface area contributed by atoms with Crippen LogP contribution in [0.4, 0.5) is 18.2 Å². The Kier molecular flexibility index (Phi) is 6.08. The third-order valence-electron chi connectivity index (χ3n) is 5.26. The molecular weight excluding hydrogens is 451 g/mol. The number of rotatable bonds is 4. The third-order valence-corrected chi connectivity index (χ3v) is 6.47. The minimum absolute atomic E-state index is 0.139. The van der Waals surface area contributed by atoms with Gasteiger partial charge in [-0.3, -0.25) is 4.79 Å². The Morgan fingerprint density at radius 3 is 2.67 bits per heavy atom. The van der Waals surface area contributed by atoms with Crippen LogP contribution in [0.3, 0.4) is 0 Å². The van der Waals surface area contributed by atoms with Gasteiger partial charge < -0.3 is 9.73 Å². The maximum absolute atomic E-state index is 13.0. The highest BCUT2D eigenvalue weighted by molar-refractivity contribution is 7.16. The molecule has 5 nitrogen and oxygen atoms in total. The van der Waals surface area contributed by atoms with Gasteiger partial charge in [0, 0.05) is 16.5 Å². The number of nitrogens with zero attached hydrogens (tertiary/aromatic N) is 2. The van der Waals surface area contributed by atoms with Gasteiger partial charge in [-0.25, -0.2) is 0 Å². The number of amides is 1. The van der Waals surface area contributed by atoms with E-state index in [0.29, 0.717) is 10.6 Å². The Labute approximate surface area is 191 Å². The van der Waals surface area contributed by atoms with E-state index in [9.17, 15) is 28.5 Å². The number of benzene rings is 1. The number of aryl methyl sites for hydroxylation is 1. The average molecular weight is 467 g/mol. The van der Waals surface area contributed by atoms with Gasteiger partial charge in [0.15, 0.2) is 0 Å². The quantitative estimate of drug-likeness (QED) is 0.359. The highest BCUT2D eigenvalue weighted by Gasteiger charge is 2.30. The Balaban J connectivity index is 1.57. The molecule has 0 spiro atoms. The molecule has 0 bridgehead atoms. The molecule has 33 heavy (non-hydrogen) atoms. The fraction of sp³-hybridized carbons (Fsp3) is 0.208. The SMILES string of the molecule is N#C/C(=C\c1ccc(-c2cccc(C(F)(F)F)c2)o1)C(=O)Nc1sc2c(c1C#N)CCCC2. The largest absolute Gasteiger partial charge is 0.457 e. The van der Waals surface area contributed by atoms with Gasteiger partial charge in [0.05, 0.1) is 11.1 Å². The normalized spacial score (nSPS) is 13.7. The fourth-order valence-corrected chi connectivity index (χ4v) is 4.90. The number of nitriles is 2. The first kappa shape index (κ1) is 22.4. The van der Waals surface area contributed by atoms with Crippen LogP contribution in [-0.2, 0) is 23.8 Å². The summed E-state index contributed by atoms with van der Waals surface area (Å²) in [4.78, 5) is 13.8. The first-order valence-electron chi connectivity index (χ1n) is 10.1. The Morgan fingerprint density at radius 1 is 1.15 bits per heavy atom. The van der Waals surface area contributed by atoms with Crippen molar-refractivity contribution in [2.45, 2.75) is 31.9 Å². The lowest BCUT2D eigenvalue weighted by molar-refractivity contribution is -0.137. The second kappa shape index (κ2) is 8.97. The zero-order valence-corrected chi connectivity index (χ0v) is 17.9. The molecule has 3 aromatic rings. The van der Waals surface area contributed by atoms with Crippen LogP contribution in [0, 0.1) is 22.7 Å². The van der Waals surface area contributed by atoms with E-state index in [-0.39, 0.29) is 22.7 Å². The molecule has 9 heteroatoms. The Morgan fingerprint density at radius 2 is 1.94 bits per heavy atom. The van der Waals surface area contributed by atoms with Gasteiger partial charge in [0.1, 0.15) is 34.2 Å². The molecule has 1 N–H and O–H groups in total. The van der Waals surface area contributed by atoms with Crippen molar-refractivity contribution in [3.63, 3.8) is 0 Å². The van der Waals surface area contributed by atoms with Gasteiger partial charge in [-0.05, 0) is 55.5 Å². The maximum Gasteiger partial charge on any atom is 0.416 e. The van der Waals surface area contributed by atoms with E-state index in [0.717, 1.165) is 48.3 Å². The van der Waals surface area contributed by atoms with Gasteiger partial charge in [-0.1, -0.05) is 12.1 Å². The third kappa shape index (κ3) is 4.69. The van der Waals surface area contributed by atoms with Crippen molar-refractivity contribution in [2.75, 3.05) is 5.32 Å². The first-order chi connectivity index (χ1) is 15.8. The summed E-state index contributed by atoms with van der Waals surface area (Å²) in [6.45, 7) is 0. The molecule has 0 saturated heterocycles. The molecule has 0 aliphatic heterocycles. The summed E-state index contributed by atoms with van der Waals surface area (Å²) in [5, 5.41) is 22.1. The summed E-state index contributed by atoms with van der Waals surface area (Å²) >= 11 is 1.35. The number of hydrogen-bond acceptors (Lipinski definition) is 5. The number of hydrogen-bond donors (Lipinski definition) is 1. The molecular formula is C24H16F3N3O2S. The predicted molar refractivity (Wildman–Crippen MR) is 117 cm³/mol. The van der Waals surface area contributed by atoms with Crippen LogP contribution in [0.1, 0.15) is 40.2 Å². The summed E-state index contributed by atoms with van der Waals surface area (Å²) in [5.74, 6) is -0.382. The van der Waals surface area contributed by atoms with Crippen LogP contribution in [-0.4, -0.2) is 5.91 Å². The molecule has 1 aromatic carbocycles. The smallest absolute Gasteiger partial charge is 0.416 e. The van der Waals surface area contributed by atoms with Gasteiger partial charge in [-0.15, -0.1) is 11.3 Å². The summed E-state index contributed by atoms with van der Waals surface area (Å²) in [5.41, 5.74) is 0.552. The number of carbonyl (C=O) groups excluding carboxylic acids is 1. The molecule has 0 atom stereocenters. The van der Waals surface area contributed by atoms with Crippen molar-refractivity contribution in [3.8, 4) is 23.5 Å². The molecule has 1 aliphatic rings. The molecule has 0 saturated carbocycles. The molecule has 2 heterocycles. The molecule has 1 amide bonds. The second-order valence-electron chi connectivity index (χ2n) is 7.43. The number of thiophene rings is 1. The summed E-state index contributed by atoms with van der Waals surface area (Å²) in [6, 6.07) is 11.6. The minimum Gasteiger partial charge on any atom is -0.457 e. The first-order valence-corrected chi connectivity index (χ1v) is 10.9.